The van der Waals surface area contributed by atoms with E-state index >= 15 is 0 Å². The first-order chi connectivity index (χ1) is 10.7. The fraction of sp³-hybridized carbons (Fsp3) is 0.0526. The van der Waals surface area contributed by atoms with Crippen molar-refractivity contribution in [2.75, 3.05) is 10.2 Å². The Kier molecular flexibility index (Phi) is 3.05. The first-order valence-electron chi connectivity index (χ1n) is 7.25. The second-order valence-corrected chi connectivity index (χ2v) is 5.91. The molecule has 22 heavy (non-hydrogen) atoms. The average Bonchev–Trinajstić information content (AvgIpc) is 2.54. The number of hydrogen-bond acceptors (Lipinski definition) is 2. The summed E-state index contributed by atoms with van der Waals surface area (Å²) in [4.78, 5) is 2.24. The number of benzene rings is 3. The molecule has 0 atom stereocenters. The molecule has 0 radical (unpaired) electrons. The van der Waals surface area contributed by atoms with Crippen LogP contribution in [0, 0.1) is 6.92 Å². The molecule has 0 aliphatic carbocycles. The summed E-state index contributed by atoms with van der Waals surface area (Å²) < 4.78 is 0. The van der Waals surface area contributed by atoms with E-state index in [9.17, 15) is 0 Å². The first-order valence-corrected chi connectivity index (χ1v) is 7.62. The minimum Gasteiger partial charge on any atom is -0.352 e. The van der Waals surface area contributed by atoms with Gasteiger partial charge in [0.05, 0.1) is 22.7 Å². The van der Waals surface area contributed by atoms with Gasteiger partial charge in [0.1, 0.15) is 0 Å². The van der Waals surface area contributed by atoms with Crippen molar-refractivity contribution in [3.05, 3.63) is 77.3 Å². The van der Waals surface area contributed by atoms with Crippen LogP contribution in [-0.2, 0) is 0 Å². The molecule has 0 spiro atoms. The number of hydrogen-bond donors (Lipinski definition) is 1. The van der Waals surface area contributed by atoms with Crippen LogP contribution in [0.3, 0.4) is 0 Å². The Morgan fingerprint density at radius 1 is 0.818 bits per heavy atom. The molecule has 1 heterocycles. The van der Waals surface area contributed by atoms with Gasteiger partial charge in [-0.3, -0.25) is 0 Å². The van der Waals surface area contributed by atoms with Gasteiger partial charge in [-0.2, -0.15) is 0 Å². The first kappa shape index (κ1) is 13.2. The zero-order valence-corrected chi connectivity index (χ0v) is 12.9. The van der Waals surface area contributed by atoms with Crippen molar-refractivity contribution >= 4 is 40.0 Å². The average molecular weight is 307 g/mol. The Balaban J connectivity index is 1.96. The third-order valence-corrected chi connectivity index (χ3v) is 4.14. The van der Waals surface area contributed by atoms with E-state index in [4.69, 9.17) is 11.6 Å². The minimum absolute atomic E-state index is 0.733. The fourth-order valence-electron chi connectivity index (χ4n) is 2.82. The molecule has 108 valence electrons. The molecule has 3 heteroatoms. The number of para-hydroxylation sites is 2. The molecule has 0 saturated carbocycles. The highest BCUT2D eigenvalue weighted by Gasteiger charge is 2.23. The second-order valence-electron chi connectivity index (χ2n) is 5.47. The number of anilines is 5. The normalized spacial score (nSPS) is 12.4. The summed E-state index contributed by atoms with van der Waals surface area (Å²) in [6.45, 7) is 2.10. The van der Waals surface area contributed by atoms with Crippen LogP contribution in [0.5, 0.6) is 0 Å². The molecule has 0 amide bonds. The molecule has 0 saturated heterocycles. The van der Waals surface area contributed by atoms with Gasteiger partial charge in [-0.05, 0) is 49.4 Å². The van der Waals surface area contributed by atoms with Gasteiger partial charge < -0.3 is 10.2 Å². The lowest BCUT2D eigenvalue weighted by Crippen LogP contribution is -2.17. The van der Waals surface area contributed by atoms with Gasteiger partial charge in [0.25, 0.3) is 0 Å². The SMILES string of the molecule is Cc1ccc(N2c3ccccc3Nc3ccc(Cl)cc32)cc1. The third-order valence-electron chi connectivity index (χ3n) is 3.91. The summed E-state index contributed by atoms with van der Waals surface area (Å²) in [5, 5.41) is 4.21. The Morgan fingerprint density at radius 3 is 2.36 bits per heavy atom. The number of nitrogens with zero attached hydrogens (tertiary/aromatic N) is 1. The van der Waals surface area contributed by atoms with E-state index in [1.807, 2.05) is 24.3 Å². The number of halogens is 1. The molecule has 4 rings (SSSR count). The molecular weight excluding hydrogens is 292 g/mol. The van der Waals surface area contributed by atoms with Crippen molar-refractivity contribution in [2.45, 2.75) is 6.92 Å². The number of rotatable bonds is 1. The van der Waals surface area contributed by atoms with E-state index in [2.05, 4.69) is 59.6 Å². The van der Waals surface area contributed by atoms with Crippen LogP contribution in [-0.4, -0.2) is 0 Å². The summed E-state index contributed by atoms with van der Waals surface area (Å²) in [5.74, 6) is 0. The standard InChI is InChI=1S/C19H15ClN2/c1-13-6-9-15(10-7-13)22-18-5-3-2-4-16(18)21-17-11-8-14(20)12-19(17)22/h2-12,21H,1H3. The van der Waals surface area contributed by atoms with Crippen LogP contribution in [0.15, 0.2) is 66.7 Å². The maximum absolute atomic E-state index is 6.23. The molecular formula is C19H15ClN2. The third kappa shape index (κ3) is 2.13. The lowest BCUT2D eigenvalue weighted by molar-refractivity contribution is 1.25. The molecule has 1 aliphatic rings. The maximum atomic E-state index is 6.23. The summed E-state index contributed by atoms with van der Waals surface area (Å²) in [5.41, 5.74) is 6.72. The quantitative estimate of drug-likeness (QED) is 0.452. The Morgan fingerprint density at radius 2 is 1.55 bits per heavy atom. The Labute approximate surface area is 135 Å². The van der Waals surface area contributed by atoms with Gasteiger partial charge in [-0.1, -0.05) is 41.4 Å². The van der Waals surface area contributed by atoms with Crippen LogP contribution in [0.1, 0.15) is 5.56 Å². The van der Waals surface area contributed by atoms with Crippen molar-refractivity contribution in [3.63, 3.8) is 0 Å². The monoisotopic (exact) mass is 306 g/mol. The van der Waals surface area contributed by atoms with E-state index in [0.29, 0.717) is 0 Å². The number of aryl methyl sites for hydroxylation is 1. The van der Waals surface area contributed by atoms with E-state index in [0.717, 1.165) is 33.5 Å². The topological polar surface area (TPSA) is 15.3 Å². The molecule has 0 bridgehead atoms. The predicted octanol–water partition coefficient (Wildman–Crippen LogP) is 6.18. The summed E-state index contributed by atoms with van der Waals surface area (Å²) in [6.07, 6.45) is 0. The summed E-state index contributed by atoms with van der Waals surface area (Å²) >= 11 is 6.23. The molecule has 0 fully saturated rings. The van der Waals surface area contributed by atoms with Gasteiger partial charge >= 0.3 is 0 Å². The maximum Gasteiger partial charge on any atom is 0.0712 e. The van der Waals surface area contributed by atoms with Crippen molar-refractivity contribution in [1.29, 1.82) is 0 Å². The van der Waals surface area contributed by atoms with E-state index in [1.165, 1.54) is 5.56 Å². The Hall–Kier alpha value is -2.45. The lowest BCUT2D eigenvalue weighted by atomic mass is 10.1. The van der Waals surface area contributed by atoms with Crippen molar-refractivity contribution < 1.29 is 0 Å². The van der Waals surface area contributed by atoms with Gasteiger partial charge in [0, 0.05) is 10.7 Å². The molecule has 1 aliphatic heterocycles. The lowest BCUT2D eigenvalue weighted by Gasteiger charge is -2.34. The van der Waals surface area contributed by atoms with Gasteiger partial charge in [0.2, 0.25) is 0 Å². The molecule has 3 aromatic rings. The van der Waals surface area contributed by atoms with Crippen molar-refractivity contribution in [1.82, 2.24) is 0 Å². The summed E-state index contributed by atoms with van der Waals surface area (Å²) in [6, 6.07) is 22.8. The highest BCUT2D eigenvalue weighted by Crippen LogP contribution is 2.48. The highest BCUT2D eigenvalue weighted by molar-refractivity contribution is 6.31. The molecule has 3 aromatic carbocycles. The summed E-state index contributed by atoms with van der Waals surface area (Å²) in [7, 11) is 0. The number of fused-ring (bicyclic) bond motifs is 2. The van der Waals surface area contributed by atoms with Crippen LogP contribution in [0.25, 0.3) is 0 Å². The van der Waals surface area contributed by atoms with E-state index in [1.54, 1.807) is 0 Å². The van der Waals surface area contributed by atoms with Gasteiger partial charge in [-0.25, -0.2) is 0 Å². The molecule has 2 nitrogen and oxygen atoms in total. The second kappa shape index (κ2) is 5.08. The predicted molar refractivity (Wildman–Crippen MR) is 94.2 cm³/mol. The fourth-order valence-corrected chi connectivity index (χ4v) is 2.98. The zero-order valence-electron chi connectivity index (χ0n) is 12.2. The molecule has 0 unspecified atom stereocenters. The van der Waals surface area contributed by atoms with Crippen LogP contribution in [0.2, 0.25) is 5.02 Å². The van der Waals surface area contributed by atoms with Gasteiger partial charge in [-0.15, -0.1) is 0 Å². The van der Waals surface area contributed by atoms with Gasteiger partial charge in [0.15, 0.2) is 0 Å². The number of nitrogens with one attached hydrogen (secondary N) is 1. The van der Waals surface area contributed by atoms with Crippen LogP contribution < -0.4 is 10.2 Å². The Bertz CT molecular complexity index is 840. The largest absolute Gasteiger partial charge is 0.352 e. The van der Waals surface area contributed by atoms with Crippen molar-refractivity contribution in [2.24, 2.45) is 0 Å². The van der Waals surface area contributed by atoms with Crippen LogP contribution in [0.4, 0.5) is 28.4 Å². The zero-order chi connectivity index (χ0) is 15.1. The van der Waals surface area contributed by atoms with Crippen LogP contribution >= 0.6 is 11.6 Å². The smallest absolute Gasteiger partial charge is 0.0712 e. The minimum atomic E-state index is 0.733. The molecule has 1 N–H and O–H groups in total. The van der Waals surface area contributed by atoms with E-state index < -0.39 is 0 Å². The van der Waals surface area contributed by atoms with E-state index in [-0.39, 0.29) is 0 Å². The van der Waals surface area contributed by atoms with Crippen molar-refractivity contribution in [3.8, 4) is 0 Å². The molecule has 0 aromatic heterocycles. The highest BCUT2D eigenvalue weighted by atomic mass is 35.5.